The molecule has 0 bridgehead atoms. The Morgan fingerprint density at radius 3 is 1.87 bits per heavy atom. The minimum Gasteiger partial charge on any atom is -0.504 e. The highest BCUT2D eigenvalue weighted by atomic mass is 35.5. The summed E-state index contributed by atoms with van der Waals surface area (Å²) in [5, 5.41) is 22.6. The lowest BCUT2D eigenvalue weighted by atomic mass is 9.88. The summed E-state index contributed by atoms with van der Waals surface area (Å²) in [4.78, 5) is 0. The average molecular weight is 665 g/mol. The number of hydrogen-bond donors (Lipinski definition) is 2. The number of rotatable bonds is 22. The maximum Gasteiger partial charge on any atom is 0.177 e. The van der Waals surface area contributed by atoms with Crippen molar-refractivity contribution in [2.24, 2.45) is 0 Å². The third-order valence-electron chi connectivity index (χ3n) is 8.24. The monoisotopic (exact) mass is 664 g/mol. The molecule has 0 saturated carbocycles. The number of unbranched alkanes of at least 4 members (excludes halogenated alkanes) is 4. The van der Waals surface area contributed by atoms with Gasteiger partial charge >= 0.3 is 0 Å². The number of hydrogen-bond acceptors (Lipinski definition) is 8. The normalized spacial score (nSPS) is 21.5. The van der Waals surface area contributed by atoms with E-state index in [4.69, 9.17) is 40.0 Å². The highest BCUT2D eigenvalue weighted by molar-refractivity contribution is 6.33. The summed E-state index contributed by atoms with van der Waals surface area (Å²) >= 11 is 6.64. The Labute approximate surface area is 281 Å². The van der Waals surface area contributed by atoms with E-state index in [1.807, 2.05) is 37.3 Å². The van der Waals surface area contributed by atoms with E-state index in [0.29, 0.717) is 57.2 Å². The molecule has 5 atom stereocenters. The van der Waals surface area contributed by atoms with Crippen LogP contribution in [-0.2, 0) is 30.1 Å². The summed E-state index contributed by atoms with van der Waals surface area (Å²) in [6, 6.07) is 9.59. The van der Waals surface area contributed by atoms with Crippen LogP contribution in [0.3, 0.4) is 0 Å². The summed E-state index contributed by atoms with van der Waals surface area (Å²) in [7, 11) is 0. The molecule has 1 saturated heterocycles. The number of benzene rings is 2. The topological polar surface area (TPSA) is 95.8 Å². The fraction of sp³-hybridized carbons (Fsp3) is 0.676. The van der Waals surface area contributed by atoms with Crippen LogP contribution >= 0.6 is 11.6 Å². The Balaban J connectivity index is 2.06. The van der Waals surface area contributed by atoms with Crippen molar-refractivity contribution in [1.82, 2.24) is 0 Å². The molecule has 1 aliphatic heterocycles. The van der Waals surface area contributed by atoms with Crippen LogP contribution < -0.4 is 4.74 Å². The Morgan fingerprint density at radius 1 is 0.717 bits per heavy atom. The van der Waals surface area contributed by atoms with E-state index in [2.05, 4.69) is 27.7 Å². The van der Waals surface area contributed by atoms with Crippen molar-refractivity contribution < 1.29 is 38.6 Å². The predicted molar refractivity (Wildman–Crippen MR) is 182 cm³/mol. The van der Waals surface area contributed by atoms with E-state index < -0.39 is 30.5 Å². The Hall–Kier alpha value is -2.07. The first-order valence-corrected chi connectivity index (χ1v) is 17.8. The van der Waals surface area contributed by atoms with Crippen LogP contribution in [0.1, 0.15) is 109 Å². The molecule has 2 N–H and O–H groups in total. The lowest BCUT2D eigenvalue weighted by molar-refractivity contribution is -0.268. The molecule has 1 heterocycles. The smallest absolute Gasteiger partial charge is 0.177 e. The van der Waals surface area contributed by atoms with Gasteiger partial charge in [0.2, 0.25) is 0 Å². The molecule has 0 unspecified atom stereocenters. The van der Waals surface area contributed by atoms with Gasteiger partial charge in [-0.25, -0.2) is 0 Å². The fourth-order valence-electron chi connectivity index (χ4n) is 5.56. The molecule has 3 rings (SSSR count). The van der Waals surface area contributed by atoms with Crippen LogP contribution in [0, 0.1) is 0 Å². The first-order valence-electron chi connectivity index (χ1n) is 17.4. The maximum absolute atomic E-state index is 11.4. The maximum atomic E-state index is 11.4. The Morgan fingerprint density at radius 2 is 1.28 bits per heavy atom. The van der Waals surface area contributed by atoms with Crippen molar-refractivity contribution >= 4 is 11.6 Å². The van der Waals surface area contributed by atoms with E-state index >= 15 is 0 Å². The van der Waals surface area contributed by atoms with Gasteiger partial charge in [-0.05, 0) is 68.4 Å². The summed E-state index contributed by atoms with van der Waals surface area (Å²) in [5.41, 5.74) is 2.04. The third kappa shape index (κ3) is 11.0. The molecule has 0 amide bonds. The summed E-state index contributed by atoms with van der Waals surface area (Å²) in [6.07, 6.45) is 5.24. The molecule has 260 valence electrons. The lowest BCUT2D eigenvalue weighted by Gasteiger charge is -2.46. The molecule has 0 spiro atoms. The average Bonchev–Trinajstić information content (AvgIpc) is 3.06. The van der Waals surface area contributed by atoms with Crippen LogP contribution in [0.5, 0.6) is 17.2 Å². The summed E-state index contributed by atoms with van der Waals surface area (Å²) in [6.45, 7) is 13.6. The molecule has 1 aliphatic rings. The molecule has 2 aromatic carbocycles. The molecule has 9 heteroatoms. The van der Waals surface area contributed by atoms with Gasteiger partial charge in [-0.15, -0.1) is 0 Å². The number of phenols is 2. The highest BCUT2D eigenvalue weighted by Gasteiger charge is 2.49. The van der Waals surface area contributed by atoms with Gasteiger partial charge < -0.3 is 38.6 Å². The molecule has 0 aromatic heterocycles. The van der Waals surface area contributed by atoms with Gasteiger partial charge in [-0.1, -0.05) is 77.1 Å². The fourth-order valence-corrected chi connectivity index (χ4v) is 5.77. The van der Waals surface area contributed by atoms with Crippen LogP contribution in [0.4, 0.5) is 0 Å². The summed E-state index contributed by atoms with van der Waals surface area (Å²) in [5.74, 6) is 0.0839. The molecule has 2 aromatic rings. The van der Waals surface area contributed by atoms with Gasteiger partial charge in [0.05, 0.1) is 18.2 Å². The molecule has 0 radical (unpaired) electrons. The van der Waals surface area contributed by atoms with E-state index in [0.717, 1.165) is 62.7 Å². The standard InChI is InChI=1S/C37H57ClO8/c1-6-11-19-41-25-30-35(43-20-12-7-2)37(45-22-14-9-4)36(44-21-13-8-3)34(46-30)29-24-27(31(38)33(40)32(29)39)23-26-15-17-28(18-16-26)42-10-5/h15-18,24,30,34-37,39-40H,6-14,19-23,25H2,1-5H3/t30-,34+,35-,36+,37+/m1/s1. The zero-order valence-electron chi connectivity index (χ0n) is 28.6. The van der Waals surface area contributed by atoms with Crippen molar-refractivity contribution in [3.63, 3.8) is 0 Å². The first-order chi connectivity index (χ1) is 22.4. The number of halogens is 1. The minimum absolute atomic E-state index is 0.102. The predicted octanol–water partition coefficient (Wildman–Crippen LogP) is 8.55. The second-order valence-electron chi connectivity index (χ2n) is 12.0. The second kappa shape index (κ2) is 21.0. The lowest BCUT2D eigenvalue weighted by Crippen LogP contribution is -2.58. The molecule has 0 aliphatic carbocycles. The van der Waals surface area contributed by atoms with Crippen molar-refractivity contribution in [2.75, 3.05) is 39.6 Å². The van der Waals surface area contributed by atoms with Crippen molar-refractivity contribution in [2.45, 2.75) is 123 Å². The quantitative estimate of drug-likeness (QED) is 0.0955. The molecular weight excluding hydrogens is 608 g/mol. The van der Waals surface area contributed by atoms with Crippen molar-refractivity contribution in [3.05, 3.63) is 52.0 Å². The van der Waals surface area contributed by atoms with Crippen LogP contribution in [0.25, 0.3) is 0 Å². The number of ether oxygens (including phenoxy) is 6. The Kier molecular flexibility index (Phi) is 17.5. The van der Waals surface area contributed by atoms with Gasteiger partial charge in [0.1, 0.15) is 36.3 Å². The molecule has 1 fully saturated rings. The zero-order valence-corrected chi connectivity index (χ0v) is 29.4. The van der Waals surface area contributed by atoms with E-state index in [1.54, 1.807) is 0 Å². The van der Waals surface area contributed by atoms with Gasteiger partial charge in [0.15, 0.2) is 11.5 Å². The van der Waals surface area contributed by atoms with Crippen molar-refractivity contribution in [3.8, 4) is 17.2 Å². The van der Waals surface area contributed by atoms with Gasteiger partial charge in [0, 0.05) is 32.0 Å². The molecule has 46 heavy (non-hydrogen) atoms. The van der Waals surface area contributed by atoms with Crippen LogP contribution in [-0.4, -0.2) is 74.3 Å². The van der Waals surface area contributed by atoms with E-state index in [1.165, 1.54) is 0 Å². The molecular formula is C37H57ClO8. The van der Waals surface area contributed by atoms with Crippen LogP contribution in [0.2, 0.25) is 5.02 Å². The van der Waals surface area contributed by atoms with E-state index in [-0.39, 0.29) is 16.5 Å². The first kappa shape index (κ1) is 38.4. The van der Waals surface area contributed by atoms with Gasteiger partial charge in [0.25, 0.3) is 0 Å². The zero-order chi connectivity index (χ0) is 33.3. The number of phenolic OH excluding ortho intramolecular Hbond substituents is 2. The number of aromatic hydroxyl groups is 2. The minimum atomic E-state index is -0.767. The largest absolute Gasteiger partial charge is 0.504 e. The molecule has 8 nitrogen and oxygen atoms in total. The van der Waals surface area contributed by atoms with Gasteiger partial charge in [-0.3, -0.25) is 0 Å². The van der Waals surface area contributed by atoms with Gasteiger partial charge in [-0.2, -0.15) is 0 Å². The SMILES string of the molecule is CCCCOC[C@H]1O[C@@H](c2cc(Cc3ccc(OCC)cc3)c(Cl)c(O)c2O)[C@H](OCCCC)[C@@H](OCCCC)[C@@H]1OCCCC. The Bertz CT molecular complexity index is 1130. The second-order valence-corrected chi connectivity index (χ2v) is 12.4. The summed E-state index contributed by atoms with van der Waals surface area (Å²) < 4.78 is 38.2. The van der Waals surface area contributed by atoms with Crippen molar-refractivity contribution in [1.29, 1.82) is 0 Å². The van der Waals surface area contributed by atoms with Crippen LogP contribution in [0.15, 0.2) is 30.3 Å². The highest BCUT2D eigenvalue weighted by Crippen LogP contribution is 2.47. The third-order valence-corrected chi connectivity index (χ3v) is 8.66. The van der Waals surface area contributed by atoms with E-state index in [9.17, 15) is 10.2 Å².